The number of nitrogens with zero attached hydrogens (tertiary/aromatic N) is 1. The minimum atomic E-state index is -1.42. The zero-order valence-electron chi connectivity index (χ0n) is 10.1. The van der Waals surface area contributed by atoms with Gasteiger partial charge in [-0.05, 0) is 13.0 Å². The number of hydrogen-bond donors (Lipinski definition) is 3. The van der Waals surface area contributed by atoms with E-state index in [4.69, 9.17) is 15.9 Å². The minimum Gasteiger partial charge on any atom is -0.480 e. The van der Waals surface area contributed by atoms with Crippen LogP contribution in [0.5, 0.6) is 0 Å². The summed E-state index contributed by atoms with van der Waals surface area (Å²) in [6.07, 6.45) is 2.89. The van der Waals surface area contributed by atoms with E-state index >= 15 is 0 Å². The molecule has 1 rings (SSSR count). The first kappa shape index (κ1) is 13.9. The molecule has 0 aromatic heterocycles. The summed E-state index contributed by atoms with van der Waals surface area (Å²) in [5, 5.41) is 18.1. The van der Waals surface area contributed by atoms with Crippen LogP contribution in [-0.2, 0) is 9.59 Å². The monoisotopic (exact) mass is 244 g/mol. The second-order valence-electron chi connectivity index (χ2n) is 4.70. The van der Waals surface area contributed by atoms with Gasteiger partial charge >= 0.3 is 11.9 Å². The Labute approximate surface area is 100 Å². The Kier molecular flexibility index (Phi) is 4.47. The molecule has 0 aromatic carbocycles. The van der Waals surface area contributed by atoms with Crippen LogP contribution >= 0.6 is 0 Å². The Balaban J connectivity index is 2.67. The van der Waals surface area contributed by atoms with Crippen molar-refractivity contribution in [2.45, 2.75) is 44.2 Å². The van der Waals surface area contributed by atoms with Crippen molar-refractivity contribution in [3.8, 4) is 0 Å². The van der Waals surface area contributed by atoms with Crippen molar-refractivity contribution in [3.63, 3.8) is 0 Å². The molecule has 0 aliphatic carbocycles. The molecule has 0 radical (unpaired) electrons. The van der Waals surface area contributed by atoms with Crippen LogP contribution in [0.1, 0.15) is 32.6 Å². The summed E-state index contributed by atoms with van der Waals surface area (Å²) in [6.45, 7) is 2.77. The number of carbonyl (C=O) groups is 2. The molecule has 1 heterocycles. The van der Waals surface area contributed by atoms with Crippen molar-refractivity contribution >= 4 is 11.9 Å². The molecule has 0 aromatic rings. The van der Waals surface area contributed by atoms with Crippen molar-refractivity contribution < 1.29 is 19.8 Å². The van der Waals surface area contributed by atoms with E-state index in [2.05, 4.69) is 6.92 Å². The quantitative estimate of drug-likeness (QED) is 0.573. The van der Waals surface area contributed by atoms with Gasteiger partial charge in [0.1, 0.15) is 11.6 Å². The fourth-order valence-electron chi connectivity index (χ4n) is 2.21. The van der Waals surface area contributed by atoms with E-state index in [1.807, 2.05) is 0 Å². The topological polar surface area (TPSA) is 104 Å². The molecule has 4 N–H and O–H groups in total. The van der Waals surface area contributed by atoms with E-state index in [0.29, 0.717) is 6.54 Å². The fourth-order valence-corrected chi connectivity index (χ4v) is 2.21. The average molecular weight is 244 g/mol. The number of nitrogens with two attached hydrogens (primary N) is 1. The number of aliphatic carboxylic acids is 2. The second kappa shape index (κ2) is 5.46. The van der Waals surface area contributed by atoms with Crippen LogP contribution in [0.3, 0.4) is 0 Å². The molecule has 98 valence electrons. The Bertz CT molecular complexity index is 308. The summed E-state index contributed by atoms with van der Waals surface area (Å²) in [6, 6.07) is -0.770. The number of carboxylic acid groups (broad SMARTS) is 2. The molecule has 1 aliphatic heterocycles. The Morgan fingerprint density at radius 2 is 2.06 bits per heavy atom. The molecule has 1 fully saturated rings. The molecule has 6 nitrogen and oxygen atoms in total. The molecule has 0 saturated carbocycles. The number of carboxylic acids is 2. The van der Waals surface area contributed by atoms with Crippen LogP contribution in [0.4, 0.5) is 0 Å². The van der Waals surface area contributed by atoms with Crippen LogP contribution in [-0.4, -0.2) is 51.7 Å². The second-order valence-corrected chi connectivity index (χ2v) is 4.70. The van der Waals surface area contributed by atoms with Crippen molar-refractivity contribution in [3.05, 3.63) is 0 Å². The molecular weight excluding hydrogens is 224 g/mol. The number of likely N-dealkylation sites (tertiary alicyclic amines) is 1. The smallest absolute Gasteiger partial charge is 0.325 e. The molecule has 2 unspecified atom stereocenters. The molecule has 1 saturated heterocycles. The van der Waals surface area contributed by atoms with Crippen LogP contribution < -0.4 is 5.73 Å². The minimum absolute atomic E-state index is 0.0240. The number of hydrogen-bond acceptors (Lipinski definition) is 4. The van der Waals surface area contributed by atoms with Gasteiger partial charge in [-0.15, -0.1) is 0 Å². The van der Waals surface area contributed by atoms with E-state index in [0.717, 1.165) is 19.3 Å². The lowest BCUT2D eigenvalue weighted by Crippen LogP contribution is -2.50. The fraction of sp³-hybridized carbons (Fsp3) is 0.818. The van der Waals surface area contributed by atoms with Crippen LogP contribution in [0.15, 0.2) is 0 Å². The van der Waals surface area contributed by atoms with Crippen molar-refractivity contribution in [2.24, 2.45) is 5.73 Å². The largest absolute Gasteiger partial charge is 0.480 e. The van der Waals surface area contributed by atoms with E-state index in [9.17, 15) is 9.59 Å². The van der Waals surface area contributed by atoms with E-state index in [-0.39, 0.29) is 13.0 Å². The predicted molar refractivity (Wildman–Crippen MR) is 61.7 cm³/mol. The molecule has 17 heavy (non-hydrogen) atoms. The van der Waals surface area contributed by atoms with Gasteiger partial charge in [0.05, 0.1) is 0 Å². The van der Waals surface area contributed by atoms with Gasteiger partial charge in [0.15, 0.2) is 0 Å². The first-order valence-electron chi connectivity index (χ1n) is 5.90. The van der Waals surface area contributed by atoms with E-state index in [1.165, 1.54) is 0 Å². The highest BCUT2D eigenvalue weighted by Gasteiger charge is 2.49. The van der Waals surface area contributed by atoms with Crippen LogP contribution in [0, 0.1) is 0 Å². The molecule has 0 bridgehead atoms. The van der Waals surface area contributed by atoms with Gasteiger partial charge in [-0.3, -0.25) is 14.5 Å². The normalized spacial score (nSPS) is 29.4. The molecule has 0 spiro atoms. The molecule has 2 atom stereocenters. The predicted octanol–water partition coefficient (Wildman–Crippen LogP) is 0.118. The molecule has 1 aliphatic rings. The van der Waals surface area contributed by atoms with Gasteiger partial charge in [0.2, 0.25) is 0 Å². The van der Waals surface area contributed by atoms with Gasteiger partial charge < -0.3 is 15.9 Å². The first-order valence-corrected chi connectivity index (χ1v) is 5.90. The standard InChI is InChI=1S/C11H20N2O4/c1-2-3-4-5-13-7-11(12,10(16)17)6-8(13)9(14)15/h8H,2-7,12H2,1H3,(H,14,15)(H,16,17). The zero-order valence-corrected chi connectivity index (χ0v) is 10.1. The molecular formula is C11H20N2O4. The van der Waals surface area contributed by atoms with Crippen molar-refractivity contribution in [1.82, 2.24) is 4.90 Å². The zero-order chi connectivity index (χ0) is 13.1. The van der Waals surface area contributed by atoms with Crippen LogP contribution in [0.25, 0.3) is 0 Å². The molecule has 6 heteroatoms. The highest BCUT2D eigenvalue weighted by molar-refractivity contribution is 5.83. The Morgan fingerprint density at radius 3 is 2.53 bits per heavy atom. The maximum atomic E-state index is 11.1. The van der Waals surface area contributed by atoms with Gasteiger partial charge in [-0.2, -0.15) is 0 Å². The lowest BCUT2D eigenvalue weighted by Gasteiger charge is -2.21. The highest BCUT2D eigenvalue weighted by atomic mass is 16.4. The summed E-state index contributed by atoms with van der Waals surface area (Å²) >= 11 is 0. The van der Waals surface area contributed by atoms with E-state index < -0.39 is 23.5 Å². The number of unbranched alkanes of at least 4 members (excludes halogenated alkanes) is 2. The summed E-state index contributed by atoms with van der Waals surface area (Å²) in [4.78, 5) is 23.8. The molecule has 0 amide bonds. The summed E-state index contributed by atoms with van der Waals surface area (Å²) in [5.41, 5.74) is 4.30. The van der Waals surface area contributed by atoms with Gasteiger partial charge in [0.25, 0.3) is 0 Å². The highest BCUT2D eigenvalue weighted by Crippen LogP contribution is 2.26. The third kappa shape index (κ3) is 3.17. The lowest BCUT2D eigenvalue weighted by atomic mass is 9.98. The SMILES string of the molecule is CCCCCN1CC(N)(C(=O)O)CC1C(=O)O. The van der Waals surface area contributed by atoms with Crippen molar-refractivity contribution in [1.29, 1.82) is 0 Å². The summed E-state index contributed by atoms with van der Waals surface area (Å²) < 4.78 is 0. The van der Waals surface area contributed by atoms with Gasteiger partial charge in [0, 0.05) is 13.0 Å². The summed E-state index contributed by atoms with van der Waals surface area (Å²) in [5.74, 6) is -2.11. The Hall–Kier alpha value is -1.14. The van der Waals surface area contributed by atoms with Gasteiger partial charge in [-0.1, -0.05) is 19.8 Å². The number of rotatable bonds is 6. The first-order chi connectivity index (χ1) is 7.90. The van der Waals surface area contributed by atoms with Crippen molar-refractivity contribution in [2.75, 3.05) is 13.1 Å². The maximum Gasteiger partial charge on any atom is 0.325 e. The third-order valence-corrected chi connectivity index (χ3v) is 3.24. The summed E-state index contributed by atoms with van der Waals surface area (Å²) in [7, 11) is 0. The lowest BCUT2D eigenvalue weighted by molar-refractivity contribution is -0.142. The van der Waals surface area contributed by atoms with Crippen LogP contribution in [0.2, 0.25) is 0 Å². The van der Waals surface area contributed by atoms with Gasteiger partial charge in [-0.25, -0.2) is 0 Å². The maximum absolute atomic E-state index is 11.1. The Morgan fingerprint density at radius 1 is 1.41 bits per heavy atom. The third-order valence-electron chi connectivity index (χ3n) is 3.24. The van der Waals surface area contributed by atoms with E-state index in [1.54, 1.807) is 4.90 Å². The average Bonchev–Trinajstić information content (AvgIpc) is 2.58.